The van der Waals surface area contributed by atoms with E-state index in [-0.39, 0.29) is 11.8 Å². The van der Waals surface area contributed by atoms with Crippen molar-refractivity contribution < 1.29 is 4.42 Å². The Labute approximate surface area is 296 Å². The summed E-state index contributed by atoms with van der Waals surface area (Å²) in [4.78, 5) is 0. The number of hydrogen-bond acceptors (Lipinski definition) is 1. The van der Waals surface area contributed by atoms with Gasteiger partial charge in [-0.15, -0.1) is 0 Å². The first kappa shape index (κ1) is 28.4. The van der Waals surface area contributed by atoms with Crippen LogP contribution in [-0.4, -0.2) is 0 Å². The van der Waals surface area contributed by atoms with Gasteiger partial charge in [0.05, 0.1) is 0 Å². The normalized spacial score (nSPS) is 16.8. The van der Waals surface area contributed by atoms with Crippen LogP contribution in [0.25, 0.3) is 71.0 Å². The Morgan fingerprint density at radius 2 is 1.06 bits per heavy atom. The van der Waals surface area contributed by atoms with Crippen molar-refractivity contribution in [1.82, 2.24) is 0 Å². The average Bonchev–Trinajstić information content (AvgIpc) is 3.55. The van der Waals surface area contributed by atoms with E-state index in [0.717, 1.165) is 21.9 Å². The van der Waals surface area contributed by atoms with Crippen LogP contribution < -0.4 is 0 Å². The van der Waals surface area contributed by atoms with Crippen molar-refractivity contribution in [2.75, 3.05) is 0 Å². The summed E-state index contributed by atoms with van der Waals surface area (Å²) >= 11 is 0. The second-order valence-corrected chi connectivity index (χ2v) is 14.1. The number of fused-ring (bicyclic) bond motifs is 8. The van der Waals surface area contributed by atoms with E-state index in [1.54, 1.807) is 0 Å². The van der Waals surface area contributed by atoms with Gasteiger partial charge in [-0.05, 0) is 113 Å². The van der Waals surface area contributed by atoms with Gasteiger partial charge in [-0.3, -0.25) is 0 Å². The molecule has 0 aliphatic heterocycles. The third-order valence-corrected chi connectivity index (χ3v) is 11.2. The molecule has 2 unspecified atom stereocenters. The lowest BCUT2D eigenvalue weighted by atomic mass is 9.66. The first-order valence-electron chi connectivity index (χ1n) is 17.8. The monoisotopic (exact) mass is 648 g/mol. The molecule has 0 N–H and O–H groups in total. The van der Waals surface area contributed by atoms with Gasteiger partial charge in [0.25, 0.3) is 0 Å². The molecular weight excluding hydrogens is 617 g/mol. The lowest BCUT2D eigenvalue weighted by Gasteiger charge is -2.37. The Balaban J connectivity index is 1.16. The highest BCUT2D eigenvalue weighted by molar-refractivity contribution is 6.11. The SMILES string of the molecule is C1=CC2=C(c3ccc4oc5cc6ccccc6cc5c4c3)c3ccc(-c4ccc5ccccc5c4)cc3C(c3ccc4ccccc4c3)C2C=C1. The fourth-order valence-electron chi connectivity index (χ4n) is 8.77. The zero-order chi connectivity index (χ0) is 33.5. The Kier molecular flexibility index (Phi) is 6.15. The fraction of sp³-hybridized carbons (Fsp3) is 0.0400. The van der Waals surface area contributed by atoms with Crippen molar-refractivity contribution >= 4 is 59.8 Å². The zero-order valence-electron chi connectivity index (χ0n) is 27.9. The summed E-state index contributed by atoms with van der Waals surface area (Å²) in [6, 6.07) is 58.2. The molecule has 11 rings (SSSR count). The van der Waals surface area contributed by atoms with Crippen LogP contribution in [0.1, 0.15) is 28.2 Å². The Morgan fingerprint density at radius 3 is 1.86 bits per heavy atom. The minimum Gasteiger partial charge on any atom is -0.456 e. The molecule has 8 aromatic carbocycles. The number of rotatable bonds is 3. The van der Waals surface area contributed by atoms with Crippen molar-refractivity contribution in [3.8, 4) is 11.1 Å². The van der Waals surface area contributed by atoms with Gasteiger partial charge in [0.15, 0.2) is 0 Å². The van der Waals surface area contributed by atoms with Crippen LogP contribution in [0, 0.1) is 5.92 Å². The van der Waals surface area contributed by atoms with Gasteiger partial charge in [0, 0.05) is 22.6 Å². The lowest BCUT2D eigenvalue weighted by Crippen LogP contribution is -2.23. The molecular formula is C50H32O. The van der Waals surface area contributed by atoms with Gasteiger partial charge < -0.3 is 4.42 Å². The maximum atomic E-state index is 6.44. The summed E-state index contributed by atoms with van der Waals surface area (Å²) < 4.78 is 6.44. The molecule has 1 heteroatoms. The predicted molar refractivity (Wildman–Crippen MR) is 214 cm³/mol. The van der Waals surface area contributed by atoms with Crippen LogP contribution in [0.15, 0.2) is 192 Å². The molecule has 0 saturated heterocycles. The quantitative estimate of drug-likeness (QED) is 0.186. The molecule has 1 aromatic heterocycles. The van der Waals surface area contributed by atoms with Crippen LogP contribution in [0.4, 0.5) is 0 Å². The largest absolute Gasteiger partial charge is 0.456 e. The van der Waals surface area contributed by atoms with E-state index in [1.807, 2.05) is 0 Å². The van der Waals surface area contributed by atoms with E-state index in [9.17, 15) is 0 Å². The van der Waals surface area contributed by atoms with E-state index in [2.05, 4.69) is 182 Å². The Hall–Kier alpha value is -6.44. The molecule has 0 amide bonds. The molecule has 1 heterocycles. The van der Waals surface area contributed by atoms with Crippen molar-refractivity contribution in [3.05, 3.63) is 210 Å². The van der Waals surface area contributed by atoms with Gasteiger partial charge in [-0.1, -0.05) is 146 Å². The van der Waals surface area contributed by atoms with Gasteiger partial charge in [0.1, 0.15) is 11.2 Å². The number of allylic oxidation sites excluding steroid dienone is 5. The highest BCUT2D eigenvalue weighted by atomic mass is 16.3. The van der Waals surface area contributed by atoms with Crippen molar-refractivity contribution in [2.45, 2.75) is 5.92 Å². The molecule has 0 saturated carbocycles. The lowest BCUT2D eigenvalue weighted by molar-refractivity contribution is 0.649. The molecule has 2 aliphatic rings. The van der Waals surface area contributed by atoms with Crippen molar-refractivity contribution in [2.24, 2.45) is 5.92 Å². The molecule has 1 nitrogen and oxygen atoms in total. The fourth-order valence-corrected chi connectivity index (χ4v) is 8.77. The van der Waals surface area contributed by atoms with E-state index in [1.165, 1.54) is 76.8 Å². The van der Waals surface area contributed by atoms with Crippen LogP contribution in [0.3, 0.4) is 0 Å². The highest BCUT2D eigenvalue weighted by Crippen LogP contribution is 2.52. The topological polar surface area (TPSA) is 13.1 Å². The molecule has 2 aliphatic carbocycles. The molecule has 9 aromatic rings. The summed E-state index contributed by atoms with van der Waals surface area (Å²) in [5.74, 6) is 0.348. The van der Waals surface area contributed by atoms with Gasteiger partial charge in [-0.25, -0.2) is 0 Å². The maximum Gasteiger partial charge on any atom is 0.136 e. The first-order chi connectivity index (χ1) is 25.2. The van der Waals surface area contributed by atoms with Crippen LogP contribution in [-0.2, 0) is 0 Å². The molecule has 0 fully saturated rings. The summed E-state index contributed by atoms with van der Waals surface area (Å²) in [7, 11) is 0. The second kappa shape index (κ2) is 11.0. The average molecular weight is 649 g/mol. The van der Waals surface area contributed by atoms with Crippen molar-refractivity contribution in [1.29, 1.82) is 0 Å². The number of hydrogen-bond donors (Lipinski definition) is 0. The molecule has 238 valence electrons. The number of benzene rings is 8. The Bertz CT molecular complexity index is 2980. The molecule has 0 bridgehead atoms. The van der Waals surface area contributed by atoms with E-state index in [4.69, 9.17) is 4.42 Å². The van der Waals surface area contributed by atoms with Crippen molar-refractivity contribution in [3.63, 3.8) is 0 Å². The highest BCUT2D eigenvalue weighted by Gasteiger charge is 2.36. The summed E-state index contributed by atoms with van der Waals surface area (Å²) in [5.41, 5.74) is 12.2. The second-order valence-electron chi connectivity index (χ2n) is 14.1. The van der Waals surface area contributed by atoms with E-state index < -0.39 is 0 Å². The minimum absolute atomic E-state index is 0.162. The molecule has 0 radical (unpaired) electrons. The van der Waals surface area contributed by atoms with Gasteiger partial charge >= 0.3 is 0 Å². The molecule has 51 heavy (non-hydrogen) atoms. The zero-order valence-corrected chi connectivity index (χ0v) is 27.9. The summed E-state index contributed by atoms with van der Waals surface area (Å²) in [6.07, 6.45) is 9.20. The maximum absolute atomic E-state index is 6.44. The smallest absolute Gasteiger partial charge is 0.136 e. The van der Waals surface area contributed by atoms with E-state index >= 15 is 0 Å². The van der Waals surface area contributed by atoms with Gasteiger partial charge in [0.2, 0.25) is 0 Å². The summed E-state index contributed by atoms with van der Waals surface area (Å²) in [5, 5.41) is 9.79. The predicted octanol–water partition coefficient (Wildman–Crippen LogP) is 13.4. The van der Waals surface area contributed by atoms with Crippen LogP contribution in [0.5, 0.6) is 0 Å². The first-order valence-corrected chi connectivity index (χ1v) is 17.8. The van der Waals surface area contributed by atoms with Gasteiger partial charge in [-0.2, -0.15) is 0 Å². The Morgan fingerprint density at radius 1 is 0.431 bits per heavy atom. The third kappa shape index (κ3) is 4.48. The third-order valence-electron chi connectivity index (χ3n) is 11.2. The molecule has 2 atom stereocenters. The summed E-state index contributed by atoms with van der Waals surface area (Å²) in [6.45, 7) is 0. The van der Waals surface area contributed by atoms with Crippen LogP contribution >= 0.6 is 0 Å². The van der Waals surface area contributed by atoms with E-state index in [0.29, 0.717) is 0 Å². The number of furan rings is 1. The minimum atomic E-state index is 0.162. The van der Waals surface area contributed by atoms with Crippen LogP contribution in [0.2, 0.25) is 0 Å². The standard InChI is InChI=1S/C50H32O/c1-3-11-33-25-37(19-17-31(33)9-1)38-21-23-43-46(28-38)50(39-20-18-32-10-2-4-12-34(32)26-39)42-16-8-7-15-41(42)49(43)40-22-24-47-44(29-40)45-27-35-13-5-6-14-36(35)30-48(45)51-47/h1-30,42,50H. The molecule has 0 spiro atoms.